The summed E-state index contributed by atoms with van der Waals surface area (Å²) in [6.45, 7) is 6.58. The Labute approximate surface area is 165 Å². The highest BCUT2D eigenvalue weighted by atomic mass is 127. The monoisotopic (exact) mass is 481 g/mol. The van der Waals surface area contributed by atoms with Gasteiger partial charge in [0.2, 0.25) is 0 Å². The van der Waals surface area contributed by atoms with Gasteiger partial charge in [-0.3, -0.25) is 0 Å². The molecule has 25 heavy (non-hydrogen) atoms. The number of benzene rings is 1. The van der Waals surface area contributed by atoms with Gasteiger partial charge in [-0.1, -0.05) is 11.6 Å². The molecule has 0 saturated heterocycles. The van der Waals surface area contributed by atoms with Crippen LogP contribution in [-0.2, 0) is 23.9 Å². The first-order valence-electron chi connectivity index (χ1n) is 7.62. The Hall–Kier alpha value is -1.35. The molecule has 0 fully saturated rings. The molecule has 1 rings (SSSR count). The number of nitrogens with one attached hydrogen (secondary N) is 1. The maximum atomic E-state index is 12.3. The van der Waals surface area contributed by atoms with Crippen LogP contribution in [0.1, 0.15) is 34.1 Å². The molecule has 0 bridgehead atoms. The Morgan fingerprint density at radius 1 is 1.32 bits per heavy atom. The molecule has 2 atom stereocenters. The van der Waals surface area contributed by atoms with Crippen molar-refractivity contribution in [2.24, 2.45) is 0 Å². The molecule has 1 N–H and O–H groups in total. The average Bonchev–Trinajstić information content (AvgIpc) is 2.48. The second-order valence-electron chi connectivity index (χ2n) is 6.34. The first-order chi connectivity index (χ1) is 11.5. The molecular formula is C17H21ClINO5. The highest BCUT2D eigenvalue weighted by Crippen LogP contribution is 2.24. The van der Waals surface area contributed by atoms with Crippen LogP contribution in [0.3, 0.4) is 0 Å². The Bertz CT molecular complexity index is 644. The number of hydrogen-bond acceptors (Lipinski definition) is 6. The highest BCUT2D eigenvalue weighted by Gasteiger charge is 2.28. The van der Waals surface area contributed by atoms with Crippen LogP contribution in [0.4, 0.5) is 5.69 Å². The second-order valence-corrected chi connectivity index (χ2v) is 7.93. The van der Waals surface area contributed by atoms with E-state index in [1.807, 2.05) is 0 Å². The molecule has 0 aromatic heterocycles. The van der Waals surface area contributed by atoms with Crippen LogP contribution in [0.15, 0.2) is 18.2 Å². The van der Waals surface area contributed by atoms with Crippen LogP contribution in [-0.4, -0.2) is 36.0 Å². The van der Waals surface area contributed by atoms with E-state index in [-0.39, 0.29) is 6.42 Å². The fourth-order valence-electron chi connectivity index (χ4n) is 1.80. The fraction of sp³-hybridized carbons (Fsp3) is 0.471. The zero-order valence-electron chi connectivity index (χ0n) is 14.5. The predicted molar refractivity (Wildman–Crippen MR) is 104 cm³/mol. The van der Waals surface area contributed by atoms with Crippen molar-refractivity contribution in [1.82, 2.24) is 0 Å². The Balaban J connectivity index is 2.81. The molecule has 0 aliphatic carbocycles. The third kappa shape index (κ3) is 7.60. The van der Waals surface area contributed by atoms with Crippen LogP contribution in [0, 0.1) is 3.57 Å². The fourth-order valence-corrected chi connectivity index (χ4v) is 2.46. The van der Waals surface area contributed by atoms with Gasteiger partial charge in [0.25, 0.3) is 0 Å². The molecule has 138 valence electrons. The predicted octanol–water partition coefficient (Wildman–Crippen LogP) is 3.59. The first kappa shape index (κ1) is 21.7. The third-order valence-electron chi connectivity index (χ3n) is 2.91. The number of halogens is 2. The van der Waals surface area contributed by atoms with E-state index in [9.17, 15) is 14.4 Å². The Morgan fingerprint density at radius 2 is 1.96 bits per heavy atom. The van der Waals surface area contributed by atoms with Crippen molar-refractivity contribution >= 4 is 58.1 Å². The van der Waals surface area contributed by atoms with E-state index in [0.29, 0.717) is 17.0 Å². The minimum absolute atomic E-state index is 0.109. The molecule has 1 aromatic carbocycles. The zero-order chi connectivity index (χ0) is 19.2. The average molecular weight is 482 g/mol. The normalized spacial score (nSPS) is 13.5. The number of hydrogen-bond donors (Lipinski definition) is 1. The van der Waals surface area contributed by atoms with E-state index in [1.165, 1.54) is 6.92 Å². The van der Waals surface area contributed by atoms with Gasteiger partial charge in [-0.15, -0.1) is 0 Å². The van der Waals surface area contributed by atoms with Crippen LogP contribution < -0.4 is 5.32 Å². The molecule has 0 spiro atoms. The van der Waals surface area contributed by atoms with Gasteiger partial charge >= 0.3 is 11.9 Å². The van der Waals surface area contributed by atoms with Crippen molar-refractivity contribution in [2.75, 3.05) is 5.32 Å². The van der Waals surface area contributed by atoms with Gasteiger partial charge in [0.1, 0.15) is 17.9 Å². The SMILES string of the molecule is C[C@@H](OC(=O)[C@@H](CC=O)Nc1cc(Cl)ccc1I)C(=O)OC(C)(C)C. The molecule has 1 aromatic rings. The molecule has 0 aliphatic heterocycles. The quantitative estimate of drug-likeness (QED) is 0.364. The smallest absolute Gasteiger partial charge is 0.347 e. The number of rotatable bonds is 7. The number of ether oxygens (including phenoxy) is 2. The van der Waals surface area contributed by atoms with Crippen molar-refractivity contribution in [3.63, 3.8) is 0 Å². The van der Waals surface area contributed by atoms with E-state index in [2.05, 4.69) is 27.9 Å². The van der Waals surface area contributed by atoms with Crippen LogP contribution in [0.5, 0.6) is 0 Å². The Kier molecular flexibility index (Phi) is 8.14. The molecule has 0 amide bonds. The lowest BCUT2D eigenvalue weighted by Crippen LogP contribution is -2.38. The number of carbonyl (C=O) groups excluding carboxylic acids is 3. The molecule has 0 aliphatic rings. The molecular weight excluding hydrogens is 461 g/mol. The van der Waals surface area contributed by atoms with Crippen molar-refractivity contribution in [1.29, 1.82) is 0 Å². The van der Waals surface area contributed by atoms with E-state index in [0.717, 1.165) is 3.57 Å². The van der Waals surface area contributed by atoms with Gasteiger partial charge in [0, 0.05) is 20.7 Å². The lowest BCUT2D eigenvalue weighted by Gasteiger charge is -2.24. The lowest BCUT2D eigenvalue weighted by atomic mass is 10.2. The number of aldehydes is 1. The second kappa shape index (κ2) is 9.38. The van der Waals surface area contributed by atoms with Gasteiger partial charge in [0.15, 0.2) is 6.10 Å². The van der Waals surface area contributed by atoms with E-state index < -0.39 is 29.7 Å². The molecule has 0 unspecified atom stereocenters. The minimum Gasteiger partial charge on any atom is -0.457 e. The number of anilines is 1. The largest absolute Gasteiger partial charge is 0.457 e. The maximum Gasteiger partial charge on any atom is 0.347 e. The van der Waals surface area contributed by atoms with Crippen molar-refractivity contribution < 1.29 is 23.9 Å². The van der Waals surface area contributed by atoms with Crippen molar-refractivity contribution in [3.8, 4) is 0 Å². The summed E-state index contributed by atoms with van der Waals surface area (Å²) in [5.41, 5.74) is -0.0865. The Morgan fingerprint density at radius 3 is 2.52 bits per heavy atom. The third-order valence-corrected chi connectivity index (χ3v) is 4.08. The summed E-state index contributed by atoms with van der Waals surface area (Å²) in [5.74, 6) is -1.37. The van der Waals surface area contributed by atoms with Crippen LogP contribution >= 0.6 is 34.2 Å². The van der Waals surface area contributed by atoms with Crippen molar-refractivity contribution in [2.45, 2.75) is 51.9 Å². The molecule has 0 radical (unpaired) electrons. The van der Waals surface area contributed by atoms with E-state index in [4.69, 9.17) is 21.1 Å². The molecule has 0 heterocycles. The van der Waals surface area contributed by atoms with Gasteiger partial charge in [-0.2, -0.15) is 0 Å². The first-order valence-corrected chi connectivity index (χ1v) is 9.07. The van der Waals surface area contributed by atoms with Gasteiger partial charge in [-0.05, 0) is 68.5 Å². The summed E-state index contributed by atoms with van der Waals surface area (Å²) in [6.07, 6.45) is -0.585. The van der Waals surface area contributed by atoms with Crippen LogP contribution in [0.25, 0.3) is 0 Å². The van der Waals surface area contributed by atoms with Gasteiger partial charge < -0.3 is 19.6 Å². The highest BCUT2D eigenvalue weighted by molar-refractivity contribution is 14.1. The summed E-state index contributed by atoms with van der Waals surface area (Å²) in [4.78, 5) is 35.2. The summed E-state index contributed by atoms with van der Waals surface area (Å²) in [6, 6.07) is 4.20. The topological polar surface area (TPSA) is 81.7 Å². The number of esters is 2. The van der Waals surface area contributed by atoms with Gasteiger partial charge in [-0.25, -0.2) is 9.59 Å². The maximum absolute atomic E-state index is 12.3. The number of carbonyl (C=O) groups is 3. The van der Waals surface area contributed by atoms with E-state index >= 15 is 0 Å². The van der Waals surface area contributed by atoms with Crippen molar-refractivity contribution in [3.05, 3.63) is 26.8 Å². The van der Waals surface area contributed by atoms with Crippen LogP contribution in [0.2, 0.25) is 5.02 Å². The summed E-state index contributed by atoms with van der Waals surface area (Å²) < 4.78 is 11.1. The summed E-state index contributed by atoms with van der Waals surface area (Å²) in [5, 5.41) is 3.42. The van der Waals surface area contributed by atoms with E-state index in [1.54, 1.807) is 39.0 Å². The molecule has 0 saturated carbocycles. The summed E-state index contributed by atoms with van der Waals surface area (Å²) >= 11 is 8.03. The minimum atomic E-state index is -1.08. The molecule has 8 heteroatoms. The lowest BCUT2D eigenvalue weighted by molar-refractivity contribution is -0.174. The summed E-state index contributed by atoms with van der Waals surface area (Å²) in [7, 11) is 0. The molecule has 6 nitrogen and oxygen atoms in total. The zero-order valence-corrected chi connectivity index (χ0v) is 17.4. The standard InChI is InChI=1S/C17H21ClINO5/c1-10(15(22)25-17(2,3)4)24-16(23)13(7-8-21)20-14-9-11(18)5-6-12(14)19/h5-6,8-10,13,20H,7H2,1-4H3/t10-,13-/m1/s1. The van der Waals surface area contributed by atoms with Gasteiger partial charge in [0.05, 0.1) is 0 Å².